The highest BCUT2D eigenvalue weighted by molar-refractivity contribution is 6.32. The molecule has 3 heteroatoms. The first-order valence-electron chi connectivity index (χ1n) is 5.78. The zero-order valence-electron chi connectivity index (χ0n) is 10.8. The van der Waals surface area contributed by atoms with Crippen LogP contribution < -0.4 is 10.1 Å². The molecule has 0 heterocycles. The van der Waals surface area contributed by atoms with Gasteiger partial charge in [0.2, 0.25) is 0 Å². The third-order valence-corrected chi connectivity index (χ3v) is 3.28. The van der Waals surface area contributed by atoms with Crippen LogP contribution in [0.25, 0.3) is 11.1 Å². The topological polar surface area (TPSA) is 21.3 Å². The lowest BCUT2D eigenvalue weighted by Gasteiger charge is -2.11. The van der Waals surface area contributed by atoms with E-state index in [2.05, 4.69) is 24.4 Å². The van der Waals surface area contributed by atoms with Crippen LogP contribution >= 0.6 is 11.6 Å². The molecule has 0 aliphatic carbocycles. The molecule has 0 aromatic heterocycles. The van der Waals surface area contributed by atoms with Crippen molar-refractivity contribution in [2.24, 2.45) is 0 Å². The summed E-state index contributed by atoms with van der Waals surface area (Å²) in [4.78, 5) is 0. The molecule has 2 nitrogen and oxygen atoms in total. The molecule has 0 amide bonds. The van der Waals surface area contributed by atoms with Crippen LogP contribution in [0, 0.1) is 6.92 Å². The fourth-order valence-electron chi connectivity index (χ4n) is 1.94. The Morgan fingerprint density at radius 2 is 1.78 bits per heavy atom. The van der Waals surface area contributed by atoms with Gasteiger partial charge in [0.25, 0.3) is 0 Å². The molecule has 0 bridgehead atoms. The maximum Gasteiger partial charge on any atom is 0.137 e. The molecule has 0 saturated carbocycles. The molecule has 0 radical (unpaired) electrons. The van der Waals surface area contributed by atoms with Gasteiger partial charge >= 0.3 is 0 Å². The van der Waals surface area contributed by atoms with Gasteiger partial charge in [-0.05, 0) is 47.9 Å². The van der Waals surface area contributed by atoms with Gasteiger partial charge in [-0.2, -0.15) is 0 Å². The first-order chi connectivity index (χ1) is 8.65. The van der Waals surface area contributed by atoms with Crippen molar-refractivity contribution in [3.63, 3.8) is 0 Å². The zero-order chi connectivity index (χ0) is 13.1. The summed E-state index contributed by atoms with van der Waals surface area (Å²) in [5.41, 5.74) is 4.52. The van der Waals surface area contributed by atoms with Crippen LogP contribution in [0.5, 0.6) is 5.75 Å². The van der Waals surface area contributed by atoms with Gasteiger partial charge in [-0.25, -0.2) is 0 Å². The summed E-state index contributed by atoms with van der Waals surface area (Å²) in [6.45, 7) is 2.06. The molecule has 0 aliphatic rings. The summed E-state index contributed by atoms with van der Waals surface area (Å²) < 4.78 is 5.21. The van der Waals surface area contributed by atoms with E-state index in [1.165, 1.54) is 0 Å². The zero-order valence-corrected chi connectivity index (χ0v) is 11.5. The minimum atomic E-state index is 0.635. The number of hydrogen-bond acceptors (Lipinski definition) is 2. The highest BCUT2D eigenvalue weighted by Gasteiger charge is 2.08. The molecule has 0 spiro atoms. The maximum atomic E-state index is 6.17. The lowest BCUT2D eigenvalue weighted by molar-refractivity contribution is 0.415. The van der Waals surface area contributed by atoms with Crippen LogP contribution in [-0.2, 0) is 0 Å². The summed E-state index contributed by atoms with van der Waals surface area (Å²) in [7, 11) is 3.53. The van der Waals surface area contributed by atoms with Crippen molar-refractivity contribution in [2.45, 2.75) is 6.92 Å². The van der Waals surface area contributed by atoms with Gasteiger partial charge in [0.05, 0.1) is 12.1 Å². The number of rotatable bonds is 3. The number of anilines is 1. The molecule has 0 saturated heterocycles. The fourth-order valence-corrected chi connectivity index (χ4v) is 2.18. The van der Waals surface area contributed by atoms with Crippen LogP contribution in [0.2, 0.25) is 5.02 Å². The average molecular weight is 262 g/mol. The van der Waals surface area contributed by atoms with Gasteiger partial charge < -0.3 is 10.1 Å². The van der Waals surface area contributed by atoms with E-state index in [9.17, 15) is 0 Å². The van der Waals surface area contributed by atoms with E-state index < -0.39 is 0 Å². The second-order valence-corrected chi connectivity index (χ2v) is 4.54. The first-order valence-corrected chi connectivity index (χ1v) is 6.16. The van der Waals surface area contributed by atoms with Crippen molar-refractivity contribution >= 4 is 17.3 Å². The van der Waals surface area contributed by atoms with Crippen LogP contribution in [0.4, 0.5) is 5.69 Å². The third kappa shape index (κ3) is 2.44. The van der Waals surface area contributed by atoms with Crippen molar-refractivity contribution in [3.8, 4) is 16.9 Å². The average Bonchev–Trinajstić information content (AvgIpc) is 2.41. The summed E-state index contributed by atoms with van der Waals surface area (Å²) in [5, 5.41) is 3.74. The van der Waals surface area contributed by atoms with E-state index in [0.29, 0.717) is 10.8 Å². The van der Waals surface area contributed by atoms with Crippen molar-refractivity contribution in [3.05, 3.63) is 47.0 Å². The molecule has 0 unspecified atom stereocenters. The number of halogens is 1. The van der Waals surface area contributed by atoms with E-state index in [0.717, 1.165) is 22.4 Å². The van der Waals surface area contributed by atoms with Gasteiger partial charge in [-0.15, -0.1) is 0 Å². The van der Waals surface area contributed by atoms with Crippen molar-refractivity contribution < 1.29 is 4.74 Å². The Morgan fingerprint density at radius 3 is 2.33 bits per heavy atom. The monoisotopic (exact) mass is 261 g/mol. The predicted molar refractivity (Wildman–Crippen MR) is 77.7 cm³/mol. The highest BCUT2D eigenvalue weighted by atomic mass is 35.5. The minimum Gasteiger partial charge on any atom is -0.495 e. The second-order valence-electron chi connectivity index (χ2n) is 4.13. The van der Waals surface area contributed by atoms with Gasteiger partial charge in [0.15, 0.2) is 0 Å². The SMILES string of the molecule is CNc1ccc(-c2cc(Cl)c(OC)cc2C)cc1. The lowest BCUT2D eigenvalue weighted by Crippen LogP contribution is -1.90. The number of methoxy groups -OCH3 is 1. The lowest BCUT2D eigenvalue weighted by atomic mass is 10.00. The van der Waals surface area contributed by atoms with E-state index in [1.54, 1.807) is 7.11 Å². The van der Waals surface area contributed by atoms with Crippen LogP contribution in [0.3, 0.4) is 0 Å². The number of benzene rings is 2. The van der Waals surface area contributed by atoms with Gasteiger partial charge in [-0.3, -0.25) is 0 Å². The number of aryl methyl sites for hydroxylation is 1. The molecule has 94 valence electrons. The van der Waals surface area contributed by atoms with Crippen LogP contribution in [-0.4, -0.2) is 14.2 Å². The predicted octanol–water partition coefficient (Wildman–Crippen LogP) is 4.37. The molecular weight excluding hydrogens is 246 g/mol. The molecular formula is C15H16ClNO. The highest BCUT2D eigenvalue weighted by Crippen LogP contribution is 2.33. The number of hydrogen-bond donors (Lipinski definition) is 1. The van der Waals surface area contributed by atoms with Gasteiger partial charge in [0.1, 0.15) is 5.75 Å². The molecule has 2 aromatic carbocycles. The van der Waals surface area contributed by atoms with E-state index in [4.69, 9.17) is 16.3 Å². The Bertz CT molecular complexity index is 549. The van der Waals surface area contributed by atoms with Crippen LogP contribution in [0.1, 0.15) is 5.56 Å². The van der Waals surface area contributed by atoms with E-state index >= 15 is 0 Å². The van der Waals surface area contributed by atoms with Gasteiger partial charge in [-0.1, -0.05) is 23.7 Å². The largest absolute Gasteiger partial charge is 0.495 e. The molecule has 0 aliphatic heterocycles. The molecule has 2 aromatic rings. The van der Waals surface area contributed by atoms with Crippen molar-refractivity contribution in [1.82, 2.24) is 0 Å². The van der Waals surface area contributed by atoms with Crippen LogP contribution in [0.15, 0.2) is 36.4 Å². The summed E-state index contributed by atoms with van der Waals surface area (Å²) in [6, 6.07) is 12.2. The molecule has 0 atom stereocenters. The maximum absolute atomic E-state index is 6.17. The Morgan fingerprint density at radius 1 is 1.11 bits per heavy atom. The first kappa shape index (κ1) is 12.8. The minimum absolute atomic E-state index is 0.635. The summed E-state index contributed by atoms with van der Waals surface area (Å²) in [6.07, 6.45) is 0. The number of nitrogens with one attached hydrogen (secondary N) is 1. The molecule has 18 heavy (non-hydrogen) atoms. The molecule has 2 rings (SSSR count). The number of ether oxygens (including phenoxy) is 1. The standard InChI is InChI=1S/C15H16ClNO/c1-10-8-15(18-3)14(16)9-13(10)11-4-6-12(17-2)7-5-11/h4-9,17H,1-3H3. The second kappa shape index (κ2) is 5.32. The van der Waals surface area contributed by atoms with E-state index in [-0.39, 0.29) is 0 Å². The Balaban J connectivity index is 2.46. The van der Waals surface area contributed by atoms with Gasteiger partial charge in [0, 0.05) is 12.7 Å². The normalized spacial score (nSPS) is 10.2. The molecule has 0 fully saturated rings. The summed E-state index contributed by atoms with van der Waals surface area (Å²) >= 11 is 6.17. The Kier molecular flexibility index (Phi) is 3.78. The summed E-state index contributed by atoms with van der Waals surface area (Å²) in [5.74, 6) is 0.713. The molecule has 1 N–H and O–H groups in total. The van der Waals surface area contributed by atoms with Crippen molar-refractivity contribution in [2.75, 3.05) is 19.5 Å². The Labute approximate surface area is 113 Å². The quantitative estimate of drug-likeness (QED) is 0.886. The fraction of sp³-hybridized carbons (Fsp3) is 0.200. The smallest absolute Gasteiger partial charge is 0.137 e. The van der Waals surface area contributed by atoms with E-state index in [1.807, 2.05) is 31.3 Å². The van der Waals surface area contributed by atoms with Crippen molar-refractivity contribution in [1.29, 1.82) is 0 Å². The third-order valence-electron chi connectivity index (χ3n) is 2.98. The Hall–Kier alpha value is -1.67.